The molecule has 1 rings (SSSR count). The van der Waals surface area contributed by atoms with Gasteiger partial charge in [-0.05, 0) is 53.7 Å². The van der Waals surface area contributed by atoms with Gasteiger partial charge in [0.05, 0.1) is 12.7 Å². The standard InChI is InChI=1S/C19H26FNO6/c1-18(2,3)26-16(23)14(17(24)27-19(4,5)6)11-8-10(15(22)25-7)12(20)9-13(11)21/h8-9,14H,21H2,1-7H3. The molecule has 2 N–H and O–H groups in total. The molecule has 0 aliphatic rings. The highest BCUT2D eigenvalue weighted by Gasteiger charge is 2.38. The molecule has 0 spiro atoms. The summed E-state index contributed by atoms with van der Waals surface area (Å²) >= 11 is 0. The third kappa shape index (κ3) is 6.23. The van der Waals surface area contributed by atoms with Gasteiger partial charge in [-0.2, -0.15) is 0 Å². The minimum atomic E-state index is -1.59. The molecule has 7 nitrogen and oxygen atoms in total. The number of methoxy groups -OCH3 is 1. The molecule has 0 saturated carbocycles. The van der Waals surface area contributed by atoms with Gasteiger partial charge in [0.15, 0.2) is 5.92 Å². The third-order valence-electron chi connectivity index (χ3n) is 3.17. The van der Waals surface area contributed by atoms with Crippen LogP contribution in [-0.4, -0.2) is 36.2 Å². The highest BCUT2D eigenvalue weighted by Crippen LogP contribution is 2.31. The normalized spacial score (nSPS) is 11.9. The van der Waals surface area contributed by atoms with Gasteiger partial charge in [-0.1, -0.05) is 0 Å². The lowest BCUT2D eigenvalue weighted by Gasteiger charge is -2.27. The zero-order chi connectivity index (χ0) is 21.2. The Hall–Kier alpha value is -2.64. The van der Waals surface area contributed by atoms with Crippen molar-refractivity contribution in [2.75, 3.05) is 12.8 Å². The first-order valence-electron chi connectivity index (χ1n) is 8.29. The largest absolute Gasteiger partial charge is 0.465 e. The number of ether oxygens (including phenoxy) is 3. The van der Waals surface area contributed by atoms with Crippen LogP contribution in [0.25, 0.3) is 0 Å². The summed E-state index contributed by atoms with van der Waals surface area (Å²) in [5.41, 5.74) is 3.30. The van der Waals surface area contributed by atoms with Gasteiger partial charge in [-0.25, -0.2) is 9.18 Å². The number of halogens is 1. The van der Waals surface area contributed by atoms with E-state index in [9.17, 15) is 18.8 Å². The molecule has 0 atom stereocenters. The number of nitrogen functional groups attached to an aromatic ring is 1. The lowest BCUT2D eigenvalue weighted by Crippen LogP contribution is -2.36. The van der Waals surface area contributed by atoms with Crippen LogP contribution in [0.2, 0.25) is 0 Å². The molecule has 0 aromatic heterocycles. The molecule has 0 bridgehead atoms. The first kappa shape index (κ1) is 22.4. The first-order valence-corrected chi connectivity index (χ1v) is 8.29. The number of rotatable bonds is 4. The Kier molecular flexibility index (Phi) is 6.59. The topological polar surface area (TPSA) is 105 Å². The SMILES string of the molecule is COC(=O)c1cc(C(C(=O)OC(C)(C)C)C(=O)OC(C)(C)C)c(N)cc1F. The van der Waals surface area contributed by atoms with Crippen molar-refractivity contribution in [1.82, 2.24) is 0 Å². The van der Waals surface area contributed by atoms with Gasteiger partial charge in [-0.3, -0.25) is 9.59 Å². The van der Waals surface area contributed by atoms with E-state index in [1.807, 2.05) is 0 Å². The molecule has 150 valence electrons. The van der Waals surface area contributed by atoms with E-state index in [2.05, 4.69) is 4.74 Å². The predicted molar refractivity (Wildman–Crippen MR) is 96.6 cm³/mol. The summed E-state index contributed by atoms with van der Waals surface area (Å²) in [6.45, 7) is 9.78. The third-order valence-corrected chi connectivity index (χ3v) is 3.17. The molecule has 1 aromatic rings. The minimum Gasteiger partial charge on any atom is -0.465 e. The van der Waals surface area contributed by atoms with Crippen molar-refractivity contribution in [1.29, 1.82) is 0 Å². The fraction of sp³-hybridized carbons (Fsp3) is 0.526. The Labute approximate surface area is 158 Å². The predicted octanol–water partition coefficient (Wildman–Crippen LogP) is 2.96. The Balaban J connectivity index is 3.52. The van der Waals surface area contributed by atoms with Crippen LogP contribution >= 0.6 is 0 Å². The average molecular weight is 383 g/mol. The quantitative estimate of drug-likeness (QED) is 0.369. The van der Waals surface area contributed by atoms with Gasteiger partial charge in [0.25, 0.3) is 0 Å². The number of carbonyl (C=O) groups excluding carboxylic acids is 3. The molecule has 8 heteroatoms. The molecule has 0 heterocycles. The number of esters is 3. The average Bonchev–Trinajstić information content (AvgIpc) is 2.45. The highest BCUT2D eigenvalue weighted by atomic mass is 19.1. The summed E-state index contributed by atoms with van der Waals surface area (Å²) in [4.78, 5) is 37.2. The molecule has 0 aliphatic carbocycles. The summed E-state index contributed by atoms with van der Waals surface area (Å²) < 4.78 is 29.2. The second-order valence-corrected chi connectivity index (χ2v) is 7.95. The van der Waals surface area contributed by atoms with Gasteiger partial charge < -0.3 is 19.9 Å². The lowest BCUT2D eigenvalue weighted by atomic mass is 9.94. The number of anilines is 1. The molecular weight excluding hydrogens is 357 g/mol. The fourth-order valence-corrected chi connectivity index (χ4v) is 2.19. The fourth-order valence-electron chi connectivity index (χ4n) is 2.19. The van der Waals surface area contributed by atoms with Crippen LogP contribution in [-0.2, 0) is 23.8 Å². The molecule has 0 aliphatic heterocycles. The van der Waals surface area contributed by atoms with Crippen molar-refractivity contribution in [3.63, 3.8) is 0 Å². The first-order chi connectivity index (χ1) is 12.2. The summed E-state index contributed by atoms with van der Waals surface area (Å²) in [5.74, 6) is -5.35. The molecule has 1 aromatic carbocycles. The summed E-state index contributed by atoms with van der Waals surface area (Å²) in [6.07, 6.45) is 0. The van der Waals surface area contributed by atoms with Crippen molar-refractivity contribution >= 4 is 23.6 Å². The second kappa shape index (κ2) is 7.94. The number of hydrogen-bond donors (Lipinski definition) is 1. The highest BCUT2D eigenvalue weighted by molar-refractivity contribution is 6.03. The zero-order valence-corrected chi connectivity index (χ0v) is 16.6. The van der Waals surface area contributed by atoms with Crippen molar-refractivity contribution in [3.8, 4) is 0 Å². The molecule has 0 saturated heterocycles. The van der Waals surface area contributed by atoms with Crippen LogP contribution in [0.3, 0.4) is 0 Å². The summed E-state index contributed by atoms with van der Waals surface area (Å²) in [7, 11) is 1.08. The van der Waals surface area contributed by atoms with E-state index < -0.39 is 46.4 Å². The van der Waals surface area contributed by atoms with Crippen LogP contribution in [0.5, 0.6) is 0 Å². The van der Waals surface area contributed by atoms with Gasteiger partial charge in [0.1, 0.15) is 17.0 Å². The van der Waals surface area contributed by atoms with Crippen LogP contribution in [0.1, 0.15) is 63.4 Å². The molecule has 27 heavy (non-hydrogen) atoms. The van der Waals surface area contributed by atoms with Crippen LogP contribution in [0.15, 0.2) is 12.1 Å². The van der Waals surface area contributed by atoms with Crippen LogP contribution in [0, 0.1) is 5.82 Å². The van der Waals surface area contributed by atoms with Crippen molar-refractivity contribution in [2.24, 2.45) is 0 Å². The van der Waals surface area contributed by atoms with E-state index in [4.69, 9.17) is 15.2 Å². The summed E-state index contributed by atoms with van der Waals surface area (Å²) in [6, 6.07) is 1.86. The molecular formula is C19H26FNO6. The number of carbonyl (C=O) groups is 3. The zero-order valence-electron chi connectivity index (χ0n) is 16.6. The van der Waals surface area contributed by atoms with Gasteiger partial charge >= 0.3 is 17.9 Å². The second-order valence-electron chi connectivity index (χ2n) is 7.95. The van der Waals surface area contributed by atoms with Gasteiger partial charge in [0.2, 0.25) is 0 Å². The maximum absolute atomic E-state index is 14.1. The smallest absolute Gasteiger partial charge is 0.340 e. The van der Waals surface area contributed by atoms with Gasteiger partial charge in [0, 0.05) is 11.3 Å². The van der Waals surface area contributed by atoms with E-state index in [0.717, 1.165) is 19.2 Å². The molecule has 0 fully saturated rings. The lowest BCUT2D eigenvalue weighted by molar-refractivity contribution is -0.169. The molecule has 0 radical (unpaired) electrons. The van der Waals surface area contributed by atoms with Crippen molar-refractivity contribution in [3.05, 3.63) is 29.1 Å². The van der Waals surface area contributed by atoms with Crippen LogP contribution < -0.4 is 5.73 Å². The Morgan fingerprint density at radius 3 is 1.78 bits per heavy atom. The van der Waals surface area contributed by atoms with E-state index >= 15 is 0 Å². The van der Waals surface area contributed by atoms with Gasteiger partial charge in [-0.15, -0.1) is 0 Å². The minimum absolute atomic E-state index is 0.0969. The Morgan fingerprint density at radius 1 is 0.963 bits per heavy atom. The monoisotopic (exact) mass is 383 g/mol. The van der Waals surface area contributed by atoms with Crippen molar-refractivity contribution in [2.45, 2.75) is 58.7 Å². The number of hydrogen-bond acceptors (Lipinski definition) is 7. The molecule has 0 amide bonds. The van der Waals surface area contributed by atoms with E-state index in [1.54, 1.807) is 41.5 Å². The Morgan fingerprint density at radius 2 is 1.41 bits per heavy atom. The van der Waals surface area contributed by atoms with Crippen molar-refractivity contribution < 1.29 is 33.0 Å². The van der Waals surface area contributed by atoms with E-state index in [0.29, 0.717) is 0 Å². The number of benzene rings is 1. The molecule has 0 unspecified atom stereocenters. The Bertz CT molecular complexity index is 718. The van der Waals surface area contributed by atoms with E-state index in [-0.39, 0.29) is 11.3 Å². The maximum Gasteiger partial charge on any atom is 0.340 e. The van der Waals surface area contributed by atoms with Crippen LogP contribution in [0.4, 0.5) is 10.1 Å². The number of nitrogens with two attached hydrogens (primary N) is 1. The maximum atomic E-state index is 14.1. The van der Waals surface area contributed by atoms with E-state index in [1.165, 1.54) is 0 Å². The summed E-state index contributed by atoms with van der Waals surface area (Å²) in [5, 5.41) is 0.